The lowest BCUT2D eigenvalue weighted by Crippen LogP contribution is -2.41. The van der Waals surface area contributed by atoms with E-state index in [0.29, 0.717) is 21.6 Å². The molecule has 1 heterocycles. The minimum Gasteiger partial charge on any atom is -0.330 e. The van der Waals surface area contributed by atoms with Gasteiger partial charge in [0.25, 0.3) is 10.0 Å². The summed E-state index contributed by atoms with van der Waals surface area (Å²) in [5.74, 6) is -0.663. The largest absolute Gasteiger partial charge is 0.417 e. The smallest absolute Gasteiger partial charge is 0.330 e. The van der Waals surface area contributed by atoms with Gasteiger partial charge in [0.05, 0.1) is 46.9 Å². The number of rotatable bonds is 10. The molecule has 11 nitrogen and oxygen atoms in total. The van der Waals surface area contributed by atoms with E-state index in [1.165, 1.54) is 29.4 Å². The Hall–Kier alpha value is -2.52. The van der Waals surface area contributed by atoms with E-state index in [-0.39, 0.29) is 17.0 Å². The molecule has 2 aromatic rings. The molecule has 1 aliphatic rings. The highest BCUT2D eigenvalue weighted by Crippen LogP contribution is 2.37. The fraction of sp³-hybridized carbons (Fsp3) is 0.318. The normalized spacial score (nSPS) is 16.9. The first-order valence-electron chi connectivity index (χ1n) is 10.7. The molecule has 1 aliphatic heterocycles. The first kappa shape index (κ1) is 28.1. The number of hydroxylamine groups is 1. The van der Waals surface area contributed by atoms with E-state index >= 15 is 0 Å². The van der Waals surface area contributed by atoms with Gasteiger partial charge in [-0.2, -0.15) is 8.42 Å². The number of amides is 1. The minimum atomic E-state index is -4.48. The number of halogens is 1. The third-order valence-corrected chi connectivity index (χ3v) is 7.52. The van der Waals surface area contributed by atoms with Crippen molar-refractivity contribution in [1.82, 2.24) is 9.89 Å². The fourth-order valence-corrected chi connectivity index (χ4v) is 5.04. The molecule has 0 aromatic heterocycles. The third-order valence-electron chi connectivity index (χ3n) is 5.10. The van der Waals surface area contributed by atoms with E-state index in [1.807, 2.05) is 21.1 Å². The predicted molar refractivity (Wildman–Crippen MR) is 134 cm³/mol. The lowest BCUT2D eigenvalue weighted by molar-refractivity contribution is -0.869. The van der Waals surface area contributed by atoms with E-state index < -0.39 is 32.4 Å². The third kappa shape index (κ3) is 7.03. The van der Waals surface area contributed by atoms with Crippen LogP contribution in [0.2, 0.25) is 5.02 Å². The van der Waals surface area contributed by atoms with Gasteiger partial charge in [0.1, 0.15) is 10.9 Å². The average molecular weight is 560 g/mol. The zero-order chi connectivity index (χ0) is 26.7. The van der Waals surface area contributed by atoms with Gasteiger partial charge in [-0.1, -0.05) is 41.0 Å². The number of nitrogens with zero attached hydrogens (tertiary/aromatic N) is 3. The molecule has 1 amide bonds. The second-order valence-electron chi connectivity index (χ2n) is 8.89. The second kappa shape index (κ2) is 10.8. The number of hydrogen-bond acceptors (Lipinski definition) is 9. The minimum absolute atomic E-state index is 0.00548. The Labute approximate surface area is 216 Å². The molecule has 2 aromatic carbocycles. The summed E-state index contributed by atoms with van der Waals surface area (Å²) in [6.07, 6.45) is 3.06. The number of carbonyl (C=O) groups excluding carboxylic acids is 1. The van der Waals surface area contributed by atoms with Crippen molar-refractivity contribution < 1.29 is 34.6 Å². The molecule has 14 heteroatoms. The number of benzene rings is 2. The highest BCUT2D eigenvalue weighted by atomic mass is 35.5. The van der Waals surface area contributed by atoms with Crippen LogP contribution in [0.3, 0.4) is 0 Å². The van der Waals surface area contributed by atoms with E-state index in [1.54, 1.807) is 36.4 Å². The molecular formula is C22H28ClN4O7S2+. The Bertz CT molecular complexity index is 1340. The average Bonchev–Trinajstić information content (AvgIpc) is 3.20. The van der Waals surface area contributed by atoms with E-state index in [4.69, 9.17) is 15.9 Å². The van der Waals surface area contributed by atoms with Crippen LogP contribution in [0.5, 0.6) is 0 Å². The molecule has 1 N–H and O–H groups in total. The molecule has 196 valence electrons. The molecule has 0 bridgehead atoms. The van der Waals surface area contributed by atoms with Gasteiger partial charge >= 0.3 is 10.4 Å². The van der Waals surface area contributed by atoms with Gasteiger partial charge in [0.2, 0.25) is 5.91 Å². The van der Waals surface area contributed by atoms with Crippen LogP contribution in [-0.2, 0) is 33.7 Å². The number of para-hydroxylation sites is 1. The van der Waals surface area contributed by atoms with Gasteiger partial charge in [-0.3, -0.25) is 14.0 Å². The summed E-state index contributed by atoms with van der Waals surface area (Å²) in [5, 5.41) is 2.64. The molecule has 0 saturated heterocycles. The van der Waals surface area contributed by atoms with E-state index in [9.17, 15) is 21.6 Å². The van der Waals surface area contributed by atoms with Crippen LogP contribution in [0.4, 0.5) is 5.69 Å². The molecule has 0 aliphatic carbocycles. The number of quaternary nitrogens is 1. The van der Waals surface area contributed by atoms with Crippen LogP contribution >= 0.6 is 11.6 Å². The summed E-state index contributed by atoms with van der Waals surface area (Å²) >= 11 is 5.98. The summed E-state index contributed by atoms with van der Waals surface area (Å²) in [6.45, 7) is 0.428. The molecule has 1 atom stereocenters. The van der Waals surface area contributed by atoms with Crippen LogP contribution in [0.15, 0.2) is 65.7 Å². The number of hydrogen-bond donors (Lipinski definition) is 1. The molecule has 0 spiro atoms. The Morgan fingerprint density at radius 3 is 2.31 bits per heavy atom. The Morgan fingerprint density at radius 2 is 1.69 bits per heavy atom. The quantitative estimate of drug-likeness (QED) is 0.437. The molecular weight excluding hydrogens is 532 g/mol. The summed E-state index contributed by atoms with van der Waals surface area (Å²) in [4.78, 5) is 12.1. The monoisotopic (exact) mass is 559 g/mol. The number of carbonyl (C=O) groups is 1. The predicted octanol–water partition coefficient (Wildman–Crippen LogP) is 2.36. The van der Waals surface area contributed by atoms with Crippen molar-refractivity contribution in [3.8, 4) is 0 Å². The summed E-state index contributed by atoms with van der Waals surface area (Å²) in [7, 11) is -2.21. The first-order valence-corrected chi connectivity index (χ1v) is 13.9. The standard InChI is InChI=1S/C22H27ClN4O7S2/c1-27(2,3)16-14-22(28)24-35(29,30)21-8-6-5-7-20(21)25-15-13-19(17-9-11-18(23)12-10-17)26(25)34-36(31,32)33-4/h5-13,15,19H,14,16H2,1-4H3/p+1. The van der Waals surface area contributed by atoms with Gasteiger partial charge in [-0.15, -0.1) is 4.28 Å². The molecule has 0 radical (unpaired) electrons. The Kier molecular flexibility index (Phi) is 8.45. The van der Waals surface area contributed by atoms with Crippen LogP contribution < -0.4 is 9.73 Å². The maximum absolute atomic E-state index is 13.2. The maximum atomic E-state index is 13.2. The van der Waals surface area contributed by atoms with Crippen molar-refractivity contribution in [2.24, 2.45) is 0 Å². The van der Waals surface area contributed by atoms with Crippen molar-refractivity contribution in [2.75, 3.05) is 39.8 Å². The van der Waals surface area contributed by atoms with Gasteiger partial charge < -0.3 is 4.48 Å². The maximum Gasteiger partial charge on any atom is 0.417 e. The zero-order valence-corrected chi connectivity index (χ0v) is 22.5. The van der Waals surface area contributed by atoms with Crippen molar-refractivity contribution >= 4 is 43.6 Å². The molecule has 36 heavy (non-hydrogen) atoms. The zero-order valence-electron chi connectivity index (χ0n) is 20.2. The first-order chi connectivity index (χ1) is 16.7. The van der Waals surface area contributed by atoms with Gasteiger partial charge in [-0.25, -0.2) is 13.1 Å². The summed E-state index contributed by atoms with van der Waals surface area (Å²) < 4.78 is 62.9. The van der Waals surface area contributed by atoms with Crippen molar-refractivity contribution in [3.63, 3.8) is 0 Å². The van der Waals surface area contributed by atoms with Crippen LogP contribution in [0.25, 0.3) is 0 Å². The van der Waals surface area contributed by atoms with E-state index in [2.05, 4.69) is 8.91 Å². The lowest BCUT2D eigenvalue weighted by atomic mass is 10.1. The number of sulfonamides is 1. The molecule has 0 fully saturated rings. The van der Waals surface area contributed by atoms with Gasteiger partial charge in [-0.05, 0) is 35.9 Å². The lowest BCUT2D eigenvalue weighted by Gasteiger charge is -2.32. The topological polar surface area (TPSA) is 122 Å². The highest BCUT2D eigenvalue weighted by Gasteiger charge is 2.37. The van der Waals surface area contributed by atoms with Crippen LogP contribution in [0.1, 0.15) is 18.0 Å². The summed E-state index contributed by atoms with van der Waals surface area (Å²) in [5.41, 5.74) is 0.654. The van der Waals surface area contributed by atoms with Crippen LogP contribution in [0, 0.1) is 0 Å². The SMILES string of the molecule is COS(=O)(=O)ON1C(c2ccc(Cl)cc2)C=CN1c1ccccc1S(=O)(=O)NC(=O)CC[N+](C)(C)C. The Morgan fingerprint density at radius 1 is 1.06 bits per heavy atom. The summed E-state index contributed by atoms with van der Waals surface area (Å²) in [6, 6.07) is 11.6. The van der Waals surface area contributed by atoms with Crippen molar-refractivity contribution in [3.05, 3.63) is 71.4 Å². The molecule has 3 rings (SSSR count). The van der Waals surface area contributed by atoms with Crippen molar-refractivity contribution in [1.29, 1.82) is 0 Å². The second-order valence-corrected chi connectivity index (χ2v) is 12.3. The van der Waals surface area contributed by atoms with Crippen LogP contribution in [-0.4, -0.2) is 67.2 Å². The molecule has 0 saturated carbocycles. The number of nitrogens with one attached hydrogen (secondary N) is 1. The molecule has 1 unspecified atom stereocenters. The van der Waals surface area contributed by atoms with Gasteiger partial charge in [0.15, 0.2) is 0 Å². The highest BCUT2D eigenvalue weighted by molar-refractivity contribution is 7.90. The number of anilines is 1. The fourth-order valence-electron chi connectivity index (χ4n) is 3.29. The van der Waals surface area contributed by atoms with E-state index in [0.717, 1.165) is 12.3 Å². The number of hydrazine groups is 1. The van der Waals surface area contributed by atoms with Crippen molar-refractivity contribution in [2.45, 2.75) is 17.4 Å². The van der Waals surface area contributed by atoms with Gasteiger partial charge in [0, 0.05) is 11.2 Å². The Balaban J connectivity index is 1.98.